The molecule has 0 saturated carbocycles. The molecule has 9 heteroatoms. The Morgan fingerprint density at radius 2 is 1.74 bits per heavy atom. The second-order valence-electron chi connectivity index (χ2n) is 7.73. The van der Waals surface area contributed by atoms with Crippen molar-refractivity contribution >= 4 is 23.3 Å². The van der Waals surface area contributed by atoms with E-state index in [1.807, 2.05) is 19.9 Å². The van der Waals surface area contributed by atoms with Gasteiger partial charge in [-0.1, -0.05) is 23.7 Å². The largest absolute Gasteiger partial charge is 0.353 e. The lowest BCUT2D eigenvalue weighted by atomic mass is 10.2. The van der Waals surface area contributed by atoms with Crippen LogP contribution in [0.3, 0.4) is 0 Å². The van der Waals surface area contributed by atoms with E-state index < -0.39 is 0 Å². The van der Waals surface area contributed by atoms with Crippen LogP contribution < -0.4 is 4.90 Å². The van der Waals surface area contributed by atoms with Crippen molar-refractivity contribution in [3.8, 4) is 0 Å². The molecule has 31 heavy (non-hydrogen) atoms. The molecule has 2 aromatic heterocycles. The summed E-state index contributed by atoms with van der Waals surface area (Å²) in [5.41, 5.74) is 2.79. The fraction of sp³-hybridized carbons (Fsp3) is 0.364. The average Bonchev–Trinajstić information content (AvgIpc) is 3.01. The normalized spacial score (nSPS) is 14.2. The SMILES string of the molecule is Cc1cc(N2CCN(C(=O)c3c(C)nn(Cc4ccc(F)cc4)c3Cl)CC2)nc(C)n1. The lowest BCUT2D eigenvalue weighted by Gasteiger charge is -2.35. The summed E-state index contributed by atoms with van der Waals surface area (Å²) in [6, 6.07) is 8.11. The first kappa shape index (κ1) is 21.2. The van der Waals surface area contributed by atoms with Crippen molar-refractivity contribution in [2.75, 3.05) is 31.1 Å². The van der Waals surface area contributed by atoms with E-state index in [2.05, 4.69) is 20.0 Å². The molecule has 0 spiro atoms. The fourth-order valence-electron chi connectivity index (χ4n) is 3.82. The Morgan fingerprint density at radius 1 is 1.06 bits per heavy atom. The molecule has 1 aromatic carbocycles. The lowest BCUT2D eigenvalue weighted by Crippen LogP contribution is -2.49. The zero-order valence-electron chi connectivity index (χ0n) is 17.8. The molecule has 1 aliphatic rings. The Labute approximate surface area is 185 Å². The molecule has 1 aliphatic heterocycles. The number of aromatic nitrogens is 4. The molecule has 0 unspecified atom stereocenters. The Morgan fingerprint density at radius 3 is 2.39 bits per heavy atom. The van der Waals surface area contributed by atoms with Crippen LogP contribution in [0.25, 0.3) is 0 Å². The first-order valence-corrected chi connectivity index (χ1v) is 10.5. The summed E-state index contributed by atoms with van der Waals surface area (Å²) in [4.78, 5) is 26.0. The minimum atomic E-state index is -0.297. The minimum Gasteiger partial charge on any atom is -0.353 e. The van der Waals surface area contributed by atoms with Gasteiger partial charge < -0.3 is 9.80 Å². The smallest absolute Gasteiger partial charge is 0.259 e. The number of halogens is 2. The summed E-state index contributed by atoms with van der Waals surface area (Å²) in [5.74, 6) is 1.21. The molecule has 3 heterocycles. The number of carbonyl (C=O) groups excluding carboxylic acids is 1. The van der Waals surface area contributed by atoms with Gasteiger partial charge in [-0.15, -0.1) is 0 Å². The Bertz CT molecular complexity index is 1090. The number of nitrogens with zero attached hydrogens (tertiary/aromatic N) is 6. The van der Waals surface area contributed by atoms with E-state index >= 15 is 0 Å². The van der Waals surface area contributed by atoms with Gasteiger partial charge in [-0.25, -0.2) is 19.0 Å². The third-order valence-corrected chi connectivity index (χ3v) is 5.75. The molecule has 0 atom stereocenters. The third-order valence-electron chi connectivity index (χ3n) is 5.37. The number of hydrogen-bond acceptors (Lipinski definition) is 5. The number of rotatable bonds is 4. The second kappa shape index (κ2) is 8.63. The number of aryl methyl sites for hydroxylation is 3. The van der Waals surface area contributed by atoms with Gasteiger partial charge in [0.25, 0.3) is 5.91 Å². The van der Waals surface area contributed by atoms with Crippen LogP contribution in [0.5, 0.6) is 0 Å². The Hall–Kier alpha value is -3.00. The number of hydrogen-bond donors (Lipinski definition) is 0. The number of amides is 1. The molecular formula is C22H24ClFN6O. The van der Waals surface area contributed by atoms with Gasteiger partial charge in [-0.2, -0.15) is 5.10 Å². The first-order valence-electron chi connectivity index (χ1n) is 10.2. The van der Waals surface area contributed by atoms with Crippen molar-refractivity contribution in [1.82, 2.24) is 24.6 Å². The predicted octanol–water partition coefficient (Wildman–Crippen LogP) is 3.40. The van der Waals surface area contributed by atoms with Crippen LogP contribution in [-0.2, 0) is 6.54 Å². The zero-order valence-corrected chi connectivity index (χ0v) is 18.5. The number of benzene rings is 1. The highest BCUT2D eigenvalue weighted by atomic mass is 35.5. The third kappa shape index (κ3) is 4.54. The predicted molar refractivity (Wildman–Crippen MR) is 117 cm³/mol. The number of carbonyl (C=O) groups is 1. The average molecular weight is 443 g/mol. The second-order valence-corrected chi connectivity index (χ2v) is 8.09. The molecule has 0 N–H and O–H groups in total. The van der Waals surface area contributed by atoms with E-state index in [4.69, 9.17) is 11.6 Å². The highest BCUT2D eigenvalue weighted by Crippen LogP contribution is 2.24. The maximum atomic E-state index is 13.2. The van der Waals surface area contributed by atoms with E-state index in [1.54, 1.807) is 28.6 Å². The van der Waals surface area contributed by atoms with E-state index in [9.17, 15) is 9.18 Å². The highest BCUT2D eigenvalue weighted by molar-refractivity contribution is 6.33. The van der Waals surface area contributed by atoms with Gasteiger partial charge in [0.05, 0.1) is 17.8 Å². The summed E-state index contributed by atoms with van der Waals surface area (Å²) in [7, 11) is 0. The molecule has 162 valence electrons. The fourth-order valence-corrected chi connectivity index (χ4v) is 4.14. The van der Waals surface area contributed by atoms with Crippen molar-refractivity contribution in [2.45, 2.75) is 27.3 Å². The van der Waals surface area contributed by atoms with E-state index in [1.165, 1.54) is 12.1 Å². The Balaban J connectivity index is 1.46. The van der Waals surface area contributed by atoms with Crippen molar-refractivity contribution in [2.24, 2.45) is 0 Å². The monoisotopic (exact) mass is 442 g/mol. The molecule has 1 amide bonds. The minimum absolute atomic E-state index is 0.123. The van der Waals surface area contributed by atoms with Gasteiger partial charge in [0.1, 0.15) is 22.6 Å². The van der Waals surface area contributed by atoms with E-state index in [0.29, 0.717) is 49.1 Å². The van der Waals surface area contributed by atoms with Crippen LogP contribution >= 0.6 is 11.6 Å². The summed E-state index contributed by atoms with van der Waals surface area (Å²) in [6.45, 7) is 8.48. The van der Waals surface area contributed by atoms with Crippen molar-refractivity contribution in [3.05, 3.63) is 69.6 Å². The van der Waals surface area contributed by atoms with Gasteiger partial charge in [0, 0.05) is 37.9 Å². The maximum absolute atomic E-state index is 13.2. The van der Waals surface area contributed by atoms with Crippen LogP contribution in [0.1, 0.15) is 33.1 Å². The quantitative estimate of drug-likeness (QED) is 0.619. The van der Waals surface area contributed by atoms with Crippen LogP contribution in [0.15, 0.2) is 30.3 Å². The summed E-state index contributed by atoms with van der Waals surface area (Å²) in [6.07, 6.45) is 0. The molecule has 7 nitrogen and oxygen atoms in total. The highest BCUT2D eigenvalue weighted by Gasteiger charge is 2.28. The van der Waals surface area contributed by atoms with E-state index in [0.717, 1.165) is 22.9 Å². The van der Waals surface area contributed by atoms with Gasteiger partial charge >= 0.3 is 0 Å². The van der Waals surface area contributed by atoms with Gasteiger partial charge in [0.2, 0.25) is 0 Å². The molecule has 0 radical (unpaired) electrons. The van der Waals surface area contributed by atoms with E-state index in [-0.39, 0.29) is 11.7 Å². The van der Waals surface area contributed by atoms with Crippen LogP contribution in [0.2, 0.25) is 5.15 Å². The van der Waals surface area contributed by atoms with Crippen LogP contribution in [0.4, 0.5) is 10.2 Å². The van der Waals surface area contributed by atoms with Gasteiger partial charge in [-0.3, -0.25) is 4.79 Å². The molecule has 4 rings (SSSR count). The molecular weight excluding hydrogens is 419 g/mol. The van der Waals surface area contributed by atoms with Crippen molar-refractivity contribution in [1.29, 1.82) is 0 Å². The molecule has 1 saturated heterocycles. The van der Waals surface area contributed by atoms with Crippen LogP contribution in [-0.4, -0.2) is 56.7 Å². The number of anilines is 1. The van der Waals surface area contributed by atoms with Gasteiger partial charge in [-0.05, 0) is 38.5 Å². The lowest BCUT2D eigenvalue weighted by molar-refractivity contribution is 0.0746. The number of piperazine rings is 1. The first-order chi connectivity index (χ1) is 14.8. The Kier molecular flexibility index (Phi) is 5.91. The zero-order chi connectivity index (χ0) is 22.1. The standard InChI is InChI=1S/C22H24ClFN6O/c1-14-12-19(26-16(3)25-14)28-8-10-29(11-9-28)22(31)20-15(2)27-30(21(20)23)13-17-4-6-18(24)7-5-17/h4-7,12H,8-11,13H2,1-3H3. The molecule has 3 aromatic rings. The summed E-state index contributed by atoms with van der Waals surface area (Å²) < 4.78 is 14.7. The summed E-state index contributed by atoms with van der Waals surface area (Å²) in [5, 5.41) is 4.74. The summed E-state index contributed by atoms with van der Waals surface area (Å²) >= 11 is 6.54. The van der Waals surface area contributed by atoms with Crippen molar-refractivity contribution in [3.63, 3.8) is 0 Å². The van der Waals surface area contributed by atoms with Gasteiger partial charge in [0.15, 0.2) is 0 Å². The molecule has 0 aliphatic carbocycles. The maximum Gasteiger partial charge on any atom is 0.259 e. The van der Waals surface area contributed by atoms with Crippen molar-refractivity contribution < 1.29 is 9.18 Å². The topological polar surface area (TPSA) is 67.2 Å². The van der Waals surface area contributed by atoms with Crippen LogP contribution in [0, 0.1) is 26.6 Å². The molecule has 0 bridgehead atoms. The molecule has 1 fully saturated rings.